The van der Waals surface area contributed by atoms with Crippen molar-refractivity contribution in [3.8, 4) is 0 Å². The van der Waals surface area contributed by atoms with Gasteiger partial charge < -0.3 is 20.1 Å². The van der Waals surface area contributed by atoms with Gasteiger partial charge in [0.05, 0.1) is 18.8 Å². The maximum atomic E-state index is 11.4. The van der Waals surface area contributed by atoms with Crippen LogP contribution in [0.3, 0.4) is 0 Å². The van der Waals surface area contributed by atoms with E-state index in [-0.39, 0.29) is 6.03 Å². The molecule has 1 rings (SSSR count). The lowest BCUT2D eigenvalue weighted by atomic mass is 10.0. The number of alkyl halides is 1. The van der Waals surface area contributed by atoms with Gasteiger partial charge in [0.2, 0.25) is 0 Å². The Morgan fingerprint density at radius 3 is 2.38 bits per heavy atom. The molecule has 0 spiro atoms. The lowest BCUT2D eigenvalue weighted by Gasteiger charge is -2.41. The van der Waals surface area contributed by atoms with Crippen LogP contribution in [-0.4, -0.2) is 43.0 Å². The van der Waals surface area contributed by atoms with Gasteiger partial charge in [-0.15, -0.1) is 11.6 Å². The van der Waals surface area contributed by atoms with Crippen molar-refractivity contribution >= 4 is 17.6 Å². The number of urea groups is 1. The number of hydrogen-bond donors (Lipinski definition) is 2. The van der Waals surface area contributed by atoms with Gasteiger partial charge in [-0.25, -0.2) is 4.79 Å². The predicted molar refractivity (Wildman–Crippen MR) is 61.6 cm³/mol. The van der Waals surface area contributed by atoms with Gasteiger partial charge in [-0.1, -0.05) is 0 Å². The normalized spacial score (nSPS) is 22.5. The van der Waals surface area contributed by atoms with Crippen molar-refractivity contribution in [3.63, 3.8) is 0 Å². The molecular formula is C10H19ClN2O3. The van der Waals surface area contributed by atoms with Crippen LogP contribution in [0.15, 0.2) is 0 Å². The minimum atomic E-state index is -0.576. The summed E-state index contributed by atoms with van der Waals surface area (Å²) in [6, 6.07) is -0.255. The molecule has 2 amide bonds. The van der Waals surface area contributed by atoms with E-state index < -0.39 is 11.3 Å². The monoisotopic (exact) mass is 250 g/mol. The first-order valence-electron chi connectivity index (χ1n) is 5.27. The Kier molecular flexibility index (Phi) is 4.41. The first-order chi connectivity index (χ1) is 7.37. The molecule has 16 heavy (non-hydrogen) atoms. The van der Waals surface area contributed by atoms with Crippen LogP contribution in [0.1, 0.15) is 20.8 Å². The Morgan fingerprint density at radius 1 is 1.31 bits per heavy atom. The molecule has 1 heterocycles. The maximum absolute atomic E-state index is 11.4. The van der Waals surface area contributed by atoms with Crippen molar-refractivity contribution in [2.45, 2.75) is 32.1 Å². The predicted octanol–water partition coefficient (Wildman–Crippen LogP) is 1.07. The largest absolute Gasteiger partial charge is 0.348 e. The molecule has 1 saturated heterocycles. The molecule has 0 bridgehead atoms. The van der Waals surface area contributed by atoms with Crippen molar-refractivity contribution < 1.29 is 14.3 Å². The maximum Gasteiger partial charge on any atom is 0.315 e. The lowest BCUT2D eigenvalue weighted by molar-refractivity contribution is -0.267. The molecule has 1 fully saturated rings. The molecule has 0 aliphatic carbocycles. The van der Waals surface area contributed by atoms with E-state index in [4.69, 9.17) is 21.1 Å². The molecule has 0 saturated carbocycles. The number of nitrogens with one attached hydrogen (secondary N) is 2. The Labute approximate surface area is 101 Å². The van der Waals surface area contributed by atoms with Crippen LogP contribution in [0.5, 0.6) is 0 Å². The van der Waals surface area contributed by atoms with Crippen LogP contribution in [0.4, 0.5) is 4.79 Å². The zero-order valence-corrected chi connectivity index (χ0v) is 10.7. The first-order valence-corrected chi connectivity index (χ1v) is 5.80. The molecule has 2 N–H and O–H groups in total. The lowest BCUT2D eigenvalue weighted by Crippen LogP contribution is -2.60. The summed E-state index contributed by atoms with van der Waals surface area (Å²) in [5.74, 6) is -0.183. The fourth-order valence-corrected chi connectivity index (χ4v) is 1.40. The van der Waals surface area contributed by atoms with E-state index in [9.17, 15) is 4.79 Å². The third-order valence-electron chi connectivity index (χ3n) is 2.27. The summed E-state index contributed by atoms with van der Waals surface area (Å²) >= 11 is 5.47. The second kappa shape index (κ2) is 5.21. The van der Waals surface area contributed by atoms with E-state index in [1.54, 1.807) is 0 Å². The molecule has 94 valence electrons. The molecule has 0 unspecified atom stereocenters. The SMILES string of the molecule is CC1(NC(=O)NCCCl)COC(C)(C)OC1. The number of carbonyl (C=O) groups is 1. The average molecular weight is 251 g/mol. The number of amides is 2. The van der Waals surface area contributed by atoms with Gasteiger partial charge in [0.15, 0.2) is 5.79 Å². The fraction of sp³-hybridized carbons (Fsp3) is 0.900. The molecule has 5 nitrogen and oxygen atoms in total. The summed E-state index contributed by atoms with van der Waals surface area (Å²) in [6.07, 6.45) is 0. The second-order valence-electron chi connectivity index (χ2n) is 4.61. The van der Waals surface area contributed by atoms with Crippen molar-refractivity contribution in [1.82, 2.24) is 10.6 Å². The highest BCUT2D eigenvalue weighted by atomic mass is 35.5. The summed E-state index contributed by atoms with van der Waals surface area (Å²) < 4.78 is 11.0. The van der Waals surface area contributed by atoms with Gasteiger partial charge in [-0.05, 0) is 20.8 Å². The molecule has 6 heteroatoms. The molecule has 1 aliphatic heterocycles. The number of carbonyl (C=O) groups excluding carboxylic acids is 1. The van der Waals surface area contributed by atoms with Crippen molar-refractivity contribution in [2.24, 2.45) is 0 Å². The number of halogens is 1. The van der Waals surface area contributed by atoms with Gasteiger partial charge in [0.25, 0.3) is 0 Å². The Morgan fingerprint density at radius 2 is 1.88 bits per heavy atom. The standard InChI is InChI=1S/C10H19ClN2O3/c1-9(2)15-6-10(3,7-16-9)13-8(14)12-5-4-11/h4-7H2,1-3H3,(H2,12,13,14). The van der Waals surface area contributed by atoms with Crippen molar-refractivity contribution in [1.29, 1.82) is 0 Å². The molecule has 0 radical (unpaired) electrons. The van der Waals surface area contributed by atoms with Gasteiger partial charge in [-0.3, -0.25) is 0 Å². The summed E-state index contributed by atoms with van der Waals surface area (Å²) in [6.45, 7) is 6.86. The number of ether oxygens (including phenoxy) is 2. The van der Waals surface area contributed by atoms with Crippen LogP contribution in [0.2, 0.25) is 0 Å². The first kappa shape index (κ1) is 13.5. The molecule has 0 aromatic rings. The van der Waals surface area contributed by atoms with E-state index >= 15 is 0 Å². The van der Waals surface area contributed by atoms with Crippen molar-refractivity contribution in [3.05, 3.63) is 0 Å². The number of rotatable bonds is 3. The Bertz CT molecular complexity index is 248. The molecule has 0 aromatic carbocycles. The molecule has 0 atom stereocenters. The van der Waals surface area contributed by atoms with Crippen LogP contribution in [0, 0.1) is 0 Å². The Hall–Kier alpha value is -0.520. The van der Waals surface area contributed by atoms with Crippen LogP contribution >= 0.6 is 11.6 Å². The van der Waals surface area contributed by atoms with Gasteiger partial charge in [-0.2, -0.15) is 0 Å². The zero-order chi connectivity index (χ0) is 12.2. The third kappa shape index (κ3) is 4.15. The number of hydrogen-bond acceptors (Lipinski definition) is 3. The molecule has 0 aromatic heterocycles. The molecular weight excluding hydrogens is 232 g/mol. The van der Waals surface area contributed by atoms with Crippen LogP contribution in [-0.2, 0) is 9.47 Å². The van der Waals surface area contributed by atoms with Crippen molar-refractivity contribution in [2.75, 3.05) is 25.6 Å². The summed E-state index contributed by atoms with van der Waals surface area (Å²) in [4.78, 5) is 11.4. The van der Waals surface area contributed by atoms with Crippen LogP contribution in [0.25, 0.3) is 0 Å². The smallest absolute Gasteiger partial charge is 0.315 e. The highest BCUT2D eigenvalue weighted by Crippen LogP contribution is 2.22. The summed E-state index contributed by atoms with van der Waals surface area (Å²) in [5, 5.41) is 5.44. The van der Waals surface area contributed by atoms with Crippen LogP contribution < -0.4 is 10.6 Å². The zero-order valence-electron chi connectivity index (χ0n) is 9.93. The fourth-order valence-electron chi connectivity index (χ4n) is 1.30. The van der Waals surface area contributed by atoms with E-state index in [0.717, 1.165) is 0 Å². The van der Waals surface area contributed by atoms with E-state index in [1.807, 2.05) is 20.8 Å². The second-order valence-corrected chi connectivity index (χ2v) is 4.99. The summed E-state index contributed by atoms with van der Waals surface area (Å²) in [5.41, 5.74) is -0.494. The van der Waals surface area contributed by atoms with Gasteiger partial charge in [0, 0.05) is 12.4 Å². The topological polar surface area (TPSA) is 59.6 Å². The van der Waals surface area contributed by atoms with Gasteiger partial charge in [0.1, 0.15) is 0 Å². The minimum absolute atomic E-state index is 0.255. The molecule has 1 aliphatic rings. The highest BCUT2D eigenvalue weighted by molar-refractivity contribution is 6.18. The minimum Gasteiger partial charge on any atom is -0.348 e. The van der Waals surface area contributed by atoms with Gasteiger partial charge >= 0.3 is 6.03 Å². The quantitative estimate of drug-likeness (QED) is 0.737. The highest BCUT2D eigenvalue weighted by Gasteiger charge is 2.37. The van der Waals surface area contributed by atoms with E-state index in [1.165, 1.54) is 0 Å². The van der Waals surface area contributed by atoms with E-state index in [2.05, 4.69) is 10.6 Å². The van der Waals surface area contributed by atoms with E-state index in [0.29, 0.717) is 25.6 Å². The Balaban J connectivity index is 2.39. The third-order valence-corrected chi connectivity index (χ3v) is 2.46. The summed E-state index contributed by atoms with van der Waals surface area (Å²) in [7, 11) is 0. The average Bonchev–Trinajstić information content (AvgIpc) is 2.20.